The Bertz CT molecular complexity index is 711. The molecule has 0 spiro atoms. The van der Waals surface area contributed by atoms with Gasteiger partial charge in [-0.2, -0.15) is 0 Å². The fourth-order valence-electron chi connectivity index (χ4n) is 2.95. The van der Waals surface area contributed by atoms with Crippen LogP contribution >= 0.6 is 0 Å². The molecule has 0 radical (unpaired) electrons. The Morgan fingerprint density at radius 3 is 2.46 bits per heavy atom. The van der Waals surface area contributed by atoms with Crippen molar-refractivity contribution in [3.05, 3.63) is 77.9 Å². The van der Waals surface area contributed by atoms with Crippen LogP contribution in [-0.2, 0) is 19.0 Å². The Kier molecular flexibility index (Phi) is 6.58. The molecule has 3 rings (SSSR count). The van der Waals surface area contributed by atoms with Crippen LogP contribution < -0.4 is 0 Å². The van der Waals surface area contributed by atoms with Crippen LogP contribution in [-0.4, -0.2) is 24.8 Å². The zero-order chi connectivity index (χ0) is 18.2. The molecule has 0 aromatic heterocycles. The molecule has 0 amide bonds. The quantitative estimate of drug-likeness (QED) is 0.717. The fourth-order valence-corrected chi connectivity index (χ4v) is 2.95. The summed E-state index contributed by atoms with van der Waals surface area (Å²) in [7, 11) is 0. The van der Waals surface area contributed by atoms with Crippen molar-refractivity contribution in [2.75, 3.05) is 6.61 Å². The number of esters is 1. The molecule has 0 aliphatic carbocycles. The summed E-state index contributed by atoms with van der Waals surface area (Å²) < 4.78 is 17.2. The van der Waals surface area contributed by atoms with E-state index in [0.717, 1.165) is 11.1 Å². The molecule has 4 heteroatoms. The van der Waals surface area contributed by atoms with Crippen LogP contribution in [0.1, 0.15) is 37.2 Å². The molecule has 1 heterocycles. The number of benzene rings is 2. The van der Waals surface area contributed by atoms with Crippen LogP contribution in [0.25, 0.3) is 6.08 Å². The van der Waals surface area contributed by atoms with E-state index in [0.29, 0.717) is 13.0 Å². The van der Waals surface area contributed by atoms with E-state index in [-0.39, 0.29) is 24.6 Å². The average molecular weight is 352 g/mol. The number of carbonyl (C=O) groups excluding carboxylic acids is 1. The molecule has 0 saturated carbocycles. The molecule has 0 bridgehead atoms. The molecular weight excluding hydrogens is 328 g/mol. The maximum atomic E-state index is 11.9. The summed E-state index contributed by atoms with van der Waals surface area (Å²) in [6.07, 6.45) is 4.06. The second-order valence-electron chi connectivity index (χ2n) is 6.19. The van der Waals surface area contributed by atoms with Crippen molar-refractivity contribution in [3.8, 4) is 0 Å². The van der Waals surface area contributed by atoms with E-state index < -0.39 is 6.29 Å². The minimum Gasteiger partial charge on any atom is -0.466 e. The lowest BCUT2D eigenvalue weighted by Crippen LogP contribution is -2.34. The van der Waals surface area contributed by atoms with Crippen LogP contribution in [0, 0.1) is 0 Å². The van der Waals surface area contributed by atoms with Crippen LogP contribution in [0.15, 0.2) is 66.7 Å². The summed E-state index contributed by atoms with van der Waals surface area (Å²) in [6.45, 7) is 2.18. The summed E-state index contributed by atoms with van der Waals surface area (Å²) in [6, 6.07) is 19.9. The van der Waals surface area contributed by atoms with Gasteiger partial charge in [0, 0.05) is 12.0 Å². The number of rotatable bonds is 6. The lowest BCUT2D eigenvalue weighted by molar-refractivity contribution is -0.238. The summed E-state index contributed by atoms with van der Waals surface area (Å²) >= 11 is 0. The highest BCUT2D eigenvalue weighted by Gasteiger charge is 2.31. The molecule has 2 aromatic carbocycles. The van der Waals surface area contributed by atoms with Gasteiger partial charge in [0.05, 0.1) is 25.2 Å². The first kappa shape index (κ1) is 18.4. The van der Waals surface area contributed by atoms with Crippen molar-refractivity contribution < 1.29 is 19.0 Å². The van der Waals surface area contributed by atoms with Gasteiger partial charge in [0.25, 0.3) is 0 Å². The predicted molar refractivity (Wildman–Crippen MR) is 100 cm³/mol. The highest BCUT2D eigenvalue weighted by atomic mass is 16.7. The minimum absolute atomic E-state index is 0.131. The van der Waals surface area contributed by atoms with Gasteiger partial charge in [-0.05, 0) is 12.5 Å². The summed E-state index contributed by atoms with van der Waals surface area (Å²) in [4.78, 5) is 11.9. The zero-order valence-corrected chi connectivity index (χ0v) is 14.9. The lowest BCUT2D eigenvalue weighted by atomic mass is 10.0. The molecule has 4 nitrogen and oxygen atoms in total. The monoisotopic (exact) mass is 352 g/mol. The molecular formula is C22H24O4. The number of hydrogen-bond donors (Lipinski definition) is 0. The van der Waals surface area contributed by atoms with E-state index in [1.807, 2.05) is 72.8 Å². The molecule has 26 heavy (non-hydrogen) atoms. The highest BCUT2D eigenvalue weighted by Crippen LogP contribution is 2.32. The van der Waals surface area contributed by atoms with Gasteiger partial charge in [0.15, 0.2) is 6.29 Å². The molecule has 1 unspecified atom stereocenters. The van der Waals surface area contributed by atoms with Gasteiger partial charge in [-0.3, -0.25) is 4.79 Å². The molecule has 1 aliphatic heterocycles. The molecule has 1 fully saturated rings. The molecule has 0 N–H and O–H groups in total. The summed E-state index contributed by atoms with van der Waals surface area (Å²) in [5.41, 5.74) is 2.06. The van der Waals surface area contributed by atoms with Gasteiger partial charge in [0.1, 0.15) is 0 Å². The first-order valence-corrected chi connectivity index (χ1v) is 8.99. The summed E-state index contributed by atoms with van der Waals surface area (Å²) in [5.74, 6) is -0.239. The average Bonchev–Trinajstić information content (AvgIpc) is 2.68. The van der Waals surface area contributed by atoms with Gasteiger partial charge in [-0.15, -0.1) is 0 Å². The fraction of sp³-hybridized carbons (Fsp3) is 0.318. The lowest BCUT2D eigenvalue weighted by Gasteiger charge is -2.34. The molecule has 1 saturated heterocycles. The Balaban J connectivity index is 1.73. The van der Waals surface area contributed by atoms with Crippen molar-refractivity contribution in [1.82, 2.24) is 0 Å². The van der Waals surface area contributed by atoms with Gasteiger partial charge >= 0.3 is 5.97 Å². The normalized spacial score (nSPS) is 23.0. The maximum absolute atomic E-state index is 11.9. The molecule has 3 atom stereocenters. The van der Waals surface area contributed by atoms with Gasteiger partial charge in [0.2, 0.25) is 0 Å². The van der Waals surface area contributed by atoms with E-state index in [2.05, 4.69) is 0 Å². The molecule has 2 aromatic rings. The zero-order valence-electron chi connectivity index (χ0n) is 14.9. The minimum atomic E-state index is -0.491. The smallest absolute Gasteiger partial charge is 0.308 e. The number of ether oxygens (including phenoxy) is 3. The van der Waals surface area contributed by atoms with E-state index in [1.165, 1.54) is 0 Å². The Hall–Kier alpha value is -2.43. The van der Waals surface area contributed by atoms with Gasteiger partial charge < -0.3 is 14.2 Å². The predicted octanol–water partition coefficient (Wildman–Crippen LogP) is 4.53. The van der Waals surface area contributed by atoms with Gasteiger partial charge in [-0.1, -0.05) is 72.8 Å². The van der Waals surface area contributed by atoms with Gasteiger partial charge in [-0.25, -0.2) is 0 Å². The second-order valence-corrected chi connectivity index (χ2v) is 6.19. The van der Waals surface area contributed by atoms with Crippen molar-refractivity contribution in [2.24, 2.45) is 0 Å². The maximum Gasteiger partial charge on any atom is 0.308 e. The topological polar surface area (TPSA) is 44.8 Å². The van der Waals surface area contributed by atoms with E-state index in [1.54, 1.807) is 6.92 Å². The van der Waals surface area contributed by atoms with Crippen LogP contribution in [0.2, 0.25) is 0 Å². The summed E-state index contributed by atoms with van der Waals surface area (Å²) in [5, 5.41) is 0. The third-order valence-corrected chi connectivity index (χ3v) is 4.18. The Morgan fingerprint density at radius 2 is 1.77 bits per heavy atom. The van der Waals surface area contributed by atoms with Crippen molar-refractivity contribution in [1.29, 1.82) is 0 Å². The first-order valence-electron chi connectivity index (χ1n) is 8.99. The standard InChI is InChI=1S/C22H24O4/c1-2-24-21(23)16-20-15-19(14-13-17-9-5-3-6-10-17)25-22(26-20)18-11-7-4-8-12-18/h3-14,19-20,22H,2,15-16H2,1H3/b14-13+/t19-,20-,22?/m1/s1. The Morgan fingerprint density at radius 1 is 1.08 bits per heavy atom. The number of hydrogen-bond acceptors (Lipinski definition) is 4. The van der Waals surface area contributed by atoms with Crippen molar-refractivity contribution in [3.63, 3.8) is 0 Å². The van der Waals surface area contributed by atoms with Crippen LogP contribution in [0.4, 0.5) is 0 Å². The first-order chi connectivity index (χ1) is 12.7. The van der Waals surface area contributed by atoms with E-state index >= 15 is 0 Å². The van der Waals surface area contributed by atoms with Crippen molar-refractivity contribution >= 4 is 12.0 Å². The number of carbonyl (C=O) groups is 1. The van der Waals surface area contributed by atoms with E-state index in [4.69, 9.17) is 14.2 Å². The van der Waals surface area contributed by atoms with Crippen LogP contribution in [0.5, 0.6) is 0 Å². The van der Waals surface area contributed by atoms with Crippen molar-refractivity contribution in [2.45, 2.75) is 38.3 Å². The molecule has 1 aliphatic rings. The Labute approximate surface area is 154 Å². The van der Waals surface area contributed by atoms with Crippen LogP contribution in [0.3, 0.4) is 0 Å². The molecule has 136 valence electrons. The SMILES string of the molecule is CCOC(=O)C[C@H]1C[C@@H](/C=C/c2ccccc2)OC(c2ccccc2)O1. The third kappa shape index (κ3) is 5.28. The van der Waals surface area contributed by atoms with E-state index in [9.17, 15) is 4.79 Å². The highest BCUT2D eigenvalue weighted by molar-refractivity contribution is 5.70. The second kappa shape index (κ2) is 9.32. The largest absolute Gasteiger partial charge is 0.466 e. The third-order valence-electron chi connectivity index (χ3n) is 4.18.